The van der Waals surface area contributed by atoms with Gasteiger partial charge in [-0.3, -0.25) is 9.20 Å². The van der Waals surface area contributed by atoms with Crippen LogP contribution < -0.4 is 15.8 Å². The first-order valence-electron chi connectivity index (χ1n) is 10.6. The normalized spacial score (nSPS) is 14.1. The molecule has 0 saturated heterocycles. The van der Waals surface area contributed by atoms with Crippen molar-refractivity contribution in [2.45, 2.75) is 32.7 Å². The van der Waals surface area contributed by atoms with Gasteiger partial charge < -0.3 is 15.3 Å². The van der Waals surface area contributed by atoms with Crippen molar-refractivity contribution in [3.8, 4) is 6.07 Å². The number of hydrogen-bond acceptors (Lipinski definition) is 6. The van der Waals surface area contributed by atoms with Crippen LogP contribution in [0, 0.1) is 24.2 Å². The molecule has 0 spiro atoms. The van der Waals surface area contributed by atoms with Crippen molar-refractivity contribution in [2.75, 3.05) is 23.8 Å². The van der Waals surface area contributed by atoms with Crippen molar-refractivity contribution in [3.05, 3.63) is 69.1 Å². The maximum atomic E-state index is 13.2. The predicted molar refractivity (Wildman–Crippen MR) is 122 cm³/mol. The molecule has 8 heteroatoms. The average Bonchev–Trinajstić information content (AvgIpc) is 3.57. The van der Waals surface area contributed by atoms with Crippen LogP contribution in [0.4, 0.5) is 11.5 Å². The standard InChI is InChI=1S/C24H25N5O3/c1-14-10-18(15(2)26-20-7-5-4-6-17(20)24(31)32)22-27-21(28(3)13-16-8-9-16)19(11-25)23(30)29(22)12-14/h4-7,10,12,15-16,26H,8-9,13H2,1-3H3,(H,31,32)/t15-/m1/s1. The Balaban J connectivity index is 1.84. The lowest BCUT2D eigenvalue weighted by molar-refractivity contribution is 0.0698. The van der Waals surface area contributed by atoms with Crippen LogP contribution in [0.15, 0.2) is 41.3 Å². The molecule has 0 amide bonds. The molecule has 2 heterocycles. The average molecular weight is 431 g/mol. The van der Waals surface area contributed by atoms with Crippen molar-refractivity contribution in [3.63, 3.8) is 0 Å². The monoisotopic (exact) mass is 431 g/mol. The zero-order valence-corrected chi connectivity index (χ0v) is 18.3. The third-order valence-corrected chi connectivity index (χ3v) is 5.77. The van der Waals surface area contributed by atoms with Crippen LogP contribution in [0.1, 0.15) is 52.9 Å². The molecule has 0 unspecified atom stereocenters. The zero-order valence-electron chi connectivity index (χ0n) is 18.3. The number of carbonyl (C=O) groups is 1. The smallest absolute Gasteiger partial charge is 0.337 e. The number of anilines is 2. The number of hydrogen-bond donors (Lipinski definition) is 2. The third kappa shape index (κ3) is 4.02. The molecule has 3 aromatic rings. The van der Waals surface area contributed by atoms with E-state index in [1.807, 2.05) is 37.9 Å². The zero-order chi connectivity index (χ0) is 23.0. The molecule has 2 aromatic heterocycles. The summed E-state index contributed by atoms with van der Waals surface area (Å²) in [6, 6.07) is 10.3. The van der Waals surface area contributed by atoms with Crippen molar-refractivity contribution in [1.82, 2.24) is 9.38 Å². The number of rotatable bonds is 7. The van der Waals surface area contributed by atoms with Gasteiger partial charge in [0.25, 0.3) is 5.56 Å². The van der Waals surface area contributed by atoms with Crippen molar-refractivity contribution >= 4 is 23.1 Å². The summed E-state index contributed by atoms with van der Waals surface area (Å²) in [6.45, 7) is 4.51. The Labute approximate surface area is 185 Å². The number of aromatic carboxylic acids is 1. The van der Waals surface area contributed by atoms with Crippen molar-refractivity contribution in [2.24, 2.45) is 5.92 Å². The summed E-state index contributed by atoms with van der Waals surface area (Å²) < 4.78 is 1.42. The van der Waals surface area contributed by atoms with Gasteiger partial charge in [0.05, 0.1) is 11.6 Å². The number of nitrogens with one attached hydrogen (secondary N) is 1. The van der Waals surface area contributed by atoms with Crippen LogP contribution in [0.5, 0.6) is 0 Å². The molecule has 1 atom stereocenters. The van der Waals surface area contributed by atoms with Gasteiger partial charge in [0, 0.05) is 31.0 Å². The highest BCUT2D eigenvalue weighted by Crippen LogP contribution is 2.31. The van der Waals surface area contributed by atoms with Crippen LogP contribution >= 0.6 is 0 Å². The molecule has 0 bridgehead atoms. The third-order valence-electron chi connectivity index (χ3n) is 5.77. The minimum absolute atomic E-state index is 0.0269. The molecule has 2 N–H and O–H groups in total. The number of nitrogens with zero attached hydrogens (tertiary/aromatic N) is 4. The fraction of sp³-hybridized carbons (Fsp3) is 0.333. The molecular weight excluding hydrogens is 406 g/mol. The maximum absolute atomic E-state index is 13.2. The minimum atomic E-state index is -1.02. The van der Waals surface area contributed by atoms with Crippen LogP contribution in [-0.2, 0) is 0 Å². The SMILES string of the molecule is Cc1cc([C@@H](C)Nc2ccccc2C(=O)O)c2nc(N(C)CC3CC3)c(C#N)c(=O)n2c1. The van der Waals surface area contributed by atoms with E-state index in [2.05, 4.69) is 5.32 Å². The van der Waals surface area contributed by atoms with Gasteiger partial charge in [0.2, 0.25) is 0 Å². The Morgan fingerprint density at radius 2 is 2.12 bits per heavy atom. The van der Waals surface area contributed by atoms with E-state index in [0.29, 0.717) is 23.1 Å². The molecule has 8 nitrogen and oxygen atoms in total. The van der Waals surface area contributed by atoms with Crippen molar-refractivity contribution < 1.29 is 9.90 Å². The molecule has 1 aliphatic rings. The summed E-state index contributed by atoms with van der Waals surface area (Å²) in [4.78, 5) is 31.4. The first kappa shape index (κ1) is 21.4. The summed E-state index contributed by atoms with van der Waals surface area (Å²) in [6.07, 6.45) is 3.97. The molecular formula is C24H25N5O3. The predicted octanol–water partition coefficient (Wildman–Crippen LogP) is 3.59. The van der Waals surface area contributed by atoms with Crippen LogP contribution in [0.2, 0.25) is 0 Å². The fourth-order valence-electron chi connectivity index (χ4n) is 3.97. The summed E-state index contributed by atoms with van der Waals surface area (Å²) in [5.41, 5.74) is 2.29. The van der Waals surface area contributed by atoms with E-state index in [4.69, 9.17) is 4.98 Å². The second-order valence-electron chi connectivity index (χ2n) is 8.43. The summed E-state index contributed by atoms with van der Waals surface area (Å²) in [5.74, 6) is -0.0728. The van der Waals surface area contributed by atoms with E-state index in [0.717, 1.165) is 30.5 Å². The number of pyridine rings is 1. The van der Waals surface area contributed by atoms with Crippen molar-refractivity contribution in [1.29, 1.82) is 5.26 Å². The van der Waals surface area contributed by atoms with Gasteiger partial charge in [0.1, 0.15) is 11.7 Å². The molecule has 164 valence electrons. The maximum Gasteiger partial charge on any atom is 0.337 e. The van der Waals surface area contributed by atoms with Crippen LogP contribution in [-0.4, -0.2) is 34.1 Å². The van der Waals surface area contributed by atoms with Crippen LogP contribution in [0.25, 0.3) is 5.65 Å². The molecule has 32 heavy (non-hydrogen) atoms. The number of nitriles is 1. The van der Waals surface area contributed by atoms with Gasteiger partial charge >= 0.3 is 5.97 Å². The minimum Gasteiger partial charge on any atom is -0.478 e. The molecule has 1 aromatic carbocycles. The number of para-hydroxylation sites is 1. The lowest BCUT2D eigenvalue weighted by Gasteiger charge is -2.22. The number of aryl methyl sites for hydroxylation is 1. The van der Waals surface area contributed by atoms with Gasteiger partial charge in [-0.15, -0.1) is 0 Å². The lowest BCUT2D eigenvalue weighted by Crippen LogP contribution is -2.29. The summed E-state index contributed by atoms with van der Waals surface area (Å²) in [7, 11) is 1.86. The van der Waals surface area contributed by atoms with E-state index in [1.54, 1.807) is 30.5 Å². The van der Waals surface area contributed by atoms with E-state index in [-0.39, 0.29) is 17.2 Å². The Hall–Kier alpha value is -3.86. The van der Waals surface area contributed by atoms with Gasteiger partial charge in [-0.25, -0.2) is 9.78 Å². The molecule has 1 aliphatic carbocycles. The quantitative estimate of drug-likeness (QED) is 0.588. The summed E-state index contributed by atoms with van der Waals surface area (Å²) >= 11 is 0. The highest BCUT2D eigenvalue weighted by molar-refractivity contribution is 5.94. The Morgan fingerprint density at radius 1 is 1.41 bits per heavy atom. The Morgan fingerprint density at radius 3 is 2.78 bits per heavy atom. The van der Waals surface area contributed by atoms with Gasteiger partial charge in [-0.1, -0.05) is 12.1 Å². The molecule has 1 fully saturated rings. The molecule has 4 rings (SSSR count). The number of aromatic nitrogens is 2. The van der Waals surface area contributed by atoms with E-state index >= 15 is 0 Å². The largest absolute Gasteiger partial charge is 0.478 e. The first-order chi connectivity index (χ1) is 15.3. The summed E-state index contributed by atoms with van der Waals surface area (Å²) in [5, 5.41) is 22.4. The van der Waals surface area contributed by atoms with Gasteiger partial charge in [0.15, 0.2) is 11.4 Å². The van der Waals surface area contributed by atoms with Gasteiger partial charge in [-0.2, -0.15) is 5.26 Å². The topological polar surface area (TPSA) is 111 Å². The van der Waals surface area contributed by atoms with Crippen LogP contribution in [0.3, 0.4) is 0 Å². The number of benzene rings is 1. The lowest BCUT2D eigenvalue weighted by atomic mass is 10.1. The Bertz CT molecular complexity index is 1300. The first-order valence-corrected chi connectivity index (χ1v) is 10.6. The Kier molecular flexibility index (Phi) is 5.57. The highest BCUT2D eigenvalue weighted by atomic mass is 16.4. The second-order valence-corrected chi connectivity index (χ2v) is 8.43. The highest BCUT2D eigenvalue weighted by Gasteiger charge is 2.26. The number of carboxylic acids is 1. The molecule has 0 radical (unpaired) electrons. The van der Waals surface area contributed by atoms with E-state index < -0.39 is 11.5 Å². The second kappa shape index (κ2) is 8.35. The fourth-order valence-corrected chi connectivity index (χ4v) is 3.97. The van der Waals surface area contributed by atoms with Gasteiger partial charge in [-0.05, 0) is 56.4 Å². The molecule has 0 aliphatic heterocycles. The number of carboxylic acid groups (broad SMARTS) is 1. The number of fused-ring (bicyclic) bond motifs is 1. The van der Waals surface area contributed by atoms with E-state index in [1.165, 1.54) is 4.40 Å². The molecule has 1 saturated carbocycles. The van der Waals surface area contributed by atoms with E-state index in [9.17, 15) is 20.0 Å².